The van der Waals surface area contributed by atoms with E-state index in [9.17, 15) is 12.8 Å². The summed E-state index contributed by atoms with van der Waals surface area (Å²) in [7, 11) is -2.27. The third kappa shape index (κ3) is 3.71. The fourth-order valence-electron chi connectivity index (χ4n) is 2.36. The smallest absolute Gasteiger partial charge is 0.243 e. The zero-order valence-electron chi connectivity index (χ0n) is 13.1. The SMILES string of the molecule is Cn1ccnc1[C@@H](NS(=O)(=O)c1ccc(Cl)nc1)c1ccccc1F. The largest absolute Gasteiger partial charge is 0.336 e. The highest BCUT2D eigenvalue weighted by molar-refractivity contribution is 7.89. The molecule has 130 valence electrons. The topological polar surface area (TPSA) is 76.9 Å². The number of hydrogen-bond acceptors (Lipinski definition) is 4. The summed E-state index contributed by atoms with van der Waals surface area (Å²) < 4.78 is 43.8. The average Bonchev–Trinajstić information content (AvgIpc) is 3.00. The minimum absolute atomic E-state index is 0.0764. The predicted molar refractivity (Wildman–Crippen MR) is 91.0 cm³/mol. The van der Waals surface area contributed by atoms with Crippen LogP contribution in [0.2, 0.25) is 5.15 Å². The number of benzene rings is 1. The second-order valence-corrected chi connectivity index (χ2v) is 7.39. The lowest BCUT2D eigenvalue weighted by molar-refractivity contribution is 0.544. The highest BCUT2D eigenvalue weighted by Crippen LogP contribution is 2.25. The van der Waals surface area contributed by atoms with Crippen molar-refractivity contribution < 1.29 is 12.8 Å². The summed E-state index contributed by atoms with van der Waals surface area (Å²) in [4.78, 5) is 7.86. The number of pyridine rings is 1. The molecule has 25 heavy (non-hydrogen) atoms. The molecule has 0 fully saturated rings. The predicted octanol–water partition coefficient (Wildman–Crippen LogP) is 2.68. The average molecular weight is 381 g/mol. The minimum atomic E-state index is -3.98. The van der Waals surface area contributed by atoms with Crippen LogP contribution in [-0.2, 0) is 17.1 Å². The number of hydrogen-bond donors (Lipinski definition) is 1. The number of halogens is 2. The Hall–Kier alpha value is -2.29. The van der Waals surface area contributed by atoms with Crippen LogP contribution in [0.15, 0.2) is 59.9 Å². The van der Waals surface area contributed by atoms with Crippen molar-refractivity contribution in [3.8, 4) is 0 Å². The van der Waals surface area contributed by atoms with Gasteiger partial charge in [-0.05, 0) is 18.2 Å². The standard InChI is InChI=1S/C16H14ClFN4O2S/c1-22-9-8-19-16(22)15(12-4-2-3-5-13(12)18)21-25(23,24)11-6-7-14(17)20-10-11/h2-10,15,21H,1H3/t15-/m0/s1. The van der Waals surface area contributed by atoms with E-state index >= 15 is 0 Å². The lowest BCUT2D eigenvalue weighted by atomic mass is 10.1. The summed E-state index contributed by atoms with van der Waals surface area (Å²) in [6, 6.07) is 7.64. The Labute approximate surface area is 149 Å². The van der Waals surface area contributed by atoms with Crippen LogP contribution in [0.5, 0.6) is 0 Å². The van der Waals surface area contributed by atoms with E-state index in [0.717, 1.165) is 6.20 Å². The molecule has 0 saturated carbocycles. The Bertz CT molecular complexity index is 989. The fourth-order valence-corrected chi connectivity index (χ4v) is 3.59. The number of aromatic nitrogens is 3. The van der Waals surface area contributed by atoms with Crippen molar-refractivity contribution in [1.82, 2.24) is 19.3 Å². The lowest BCUT2D eigenvalue weighted by Gasteiger charge is -2.19. The van der Waals surface area contributed by atoms with Crippen molar-refractivity contribution in [2.24, 2.45) is 7.05 Å². The Morgan fingerprint density at radius 3 is 2.56 bits per heavy atom. The van der Waals surface area contributed by atoms with Crippen molar-refractivity contribution >= 4 is 21.6 Å². The molecule has 0 saturated heterocycles. The summed E-state index contributed by atoms with van der Waals surface area (Å²) in [6.07, 6.45) is 4.31. The molecule has 0 unspecified atom stereocenters. The quantitative estimate of drug-likeness (QED) is 0.690. The second-order valence-electron chi connectivity index (χ2n) is 5.29. The number of imidazole rings is 1. The van der Waals surface area contributed by atoms with E-state index in [1.54, 1.807) is 23.9 Å². The Morgan fingerprint density at radius 1 is 1.20 bits per heavy atom. The van der Waals surface area contributed by atoms with Gasteiger partial charge in [-0.25, -0.2) is 22.8 Å². The van der Waals surface area contributed by atoms with Crippen molar-refractivity contribution in [3.63, 3.8) is 0 Å². The van der Waals surface area contributed by atoms with Gasteiger partial charge in [0.15, 0.2) is 0 Å². The van der Waals surface area contributed by atoms with Crippen molar-refractivity contribution in [2.45, 2.75) is 10.9 Å². The van der Waals surface area contributed by atoms with Gasteiger partial charge in [-0.2, -0.15) is 4.72 Å². The molecular weight excluding hydrogens is 367 g/mol. The molecule has 6 nitrogen and oxygen atoms in total. The van der Waals surface area contributed by atoms with Gasteiger partial charge in [-0.15, -0.1) is 0 Å². The first-order chi connectivity index (χ1) is 11.9. The molecule has 0 aliphatic carbocycles. The number of rotatable bonds is 5. The maximum absolute atomic E-state index is 14.3. The van der Waals surface area contributed by atoms with Gasteiger partial charge in [-0.1, -0.05) is 29.8 Å². The molecule has 1 aromatic carbocycles. The van der Waals surface area contributed by atoms with Gasteiger partial charge in [0.1, 0.15) is 27.7 Å². The third-order valence-electron chi connectivity index (χ3n) is 3.62. The van der Waals surface area contributed by atoms with Gasteiger partial charge in [0, 0.05) is 31.2 Å². The van der Waals surface area contributed by atoms with Crippen LogP contribution in [0.4, 0.5) is 4.39 Å². The Morgan fingerprint density at radius 2 is 1.96 bits per heavy atom. The van der Waals surface area contributed by atoms with Crippen LogP contribution in [-0.4, -0.2) is 23.0 Å². The monoisotopic (exact) mass is 380 g/mol. The summed E-state index contributed by atoms with van der Waals surface area (Å²) in [5.41, 5.74) is 0.169. The molecule has 0 amide bonds. The van der Waals surface area contributed by atoms with E-state index in [1.807, 2.05) is 0 Å². The number of aryl methyl sites for hydroxylation is 1. The van der Waals surface area contributed by atoms with Gasteiger partial charge < -0.3 is 4.57 Å². The van der Waals surface area contributed by atoms with Gasteiger partial charge in [-0.3, -0.25) is 0 Å². The van der Waals surface area contributed by atoms with Crippen LogP contribution in [0.3, 0.4) is 0 Å². The zero-order chi connectivity index (χ0) is 18.0. The number of nitrogens with zero attached hydrogens (tertiary/aromatic N) is 3. The maximum Gasteiger partial charge on any atom is 0.243 e. The normalized spacial score (nSPS) is 12.9. The maximum atomic E-state index is 14.3. The van der Waals surface area contributed by atoms with Crippen molar-refractivity contribution in [3.05, 3.63) is 77.3 Å². The van der Waals surface area contributed by atoms with E-state index in [4.69, 9.17) is 11.6 Å². The molecule has 0 bridgehead atoms. The van der Waals surface area contributed by atoms with Crippen molar-refractivity contribution in [1.29, 1.82) is 0 Å². The molecule has 1 atom stereocenters. The zero-order valence-corrected chi connectivity index (χ0v) is 14.7. The number of nitrogens with one attached hydrogen (secondary N) is 1. The molecule has 3 rings (SSSR count). The highest BCUT2D eigenvalue weighted by Gasteiger charge is 2.27. The van der Waals surface area contributed by atoms with E-state index in [1.165, 1.54) is 36.5 Å². The third-order valence-corrected chi connectivity index (χ3v) is 5.25. The molecule has 2 heterocycles. The summed E-state index contributed by atoms with van der Waals surface area (Å²) in [6.45, 7) is 0. The molecule has 0 aliphatic rings. The van der Waals surface area contributed by atoms with Crippen LogP contribution in [0.1, 0.15) is 17.4 Å². The van der Waals surface area contributed by atoms with Gasteiger partial charge in [0.05, 0.1) is 0 Å². The van der Waals surface area contributed by atoms with Crippen molar-refractivity contribution in [2.75, 3.05) is 0 Å². The van der Waals surface area contributed by atoms with Gasteiger partial charge in [0.2, 0.25) is 10.0 Å². The first-order valence-corrected chi connectivity index (χ1v) is 9.10. The lowest BCUT2D eigenvalue weighted by Crippen LogP contribution is -2.31. The summed E-state index contributed by atoms with van der Waals surface area (Å²) in [5.74, 6) is -0.178. The first-order valence-electron chi connectivity index (χ1n) is 7.24. The molecule has 0 spiro atoms. The summed E-state index contributed by atoms with van der Waals surface area (Å²) >= 11 is 5.70. The second kappa shape index (κ2) is 6.91. The molecule has 1 N–H and O–H groups in total. The van der Waals surface area contributed by atoms with Crippen LogP contribution in [0.25, 0.3) is 0 Å². The summed E-state index contributed by atoms with van der Waals surface area (Å²) in [5, 5.41) is 0.175. The van der Waals surface area contributed by atoms with Crippen LogP contribution < -0.4 is 4.72 Å². The highest BCUT2D eigenvalue weighted by atomic mass is 35.5. The van der Waals surface area contributed by atoms with E-state index in [-0.39, 0.29) is 15.6 Å². The Kier molecular flexibility index (Phi) is 4.85. The van der Waals surface area contributed by atoms with E-state index in [2.05, 4.69) is 14.7 Å². The number of sulfonamides is 1. The van der Waals surface area contributed by atoms with E-state index < -0.39 is 21.9 Å². The molecule has 0 aliphatic heterocycles. The van der Waals surface area contributed by atoms with Crippen LogP contribution in [0, 0.1) is 5.82 Å². The molecule has 0 radical (unpaired) electrons. The van der Waals surface area contributed by atoms with Gasteiger partial charge >= 0.3 is 0 Å². The first kappa shape index (κ1) is 17.5. The molecule has 9 heteroatoms. The molecule has 2 aromatic heterocycles. The minimum Gasteiger partial charge on any atom is -0.336 e. The molecule has 3 aromatic rings. The van der Waals surface area contributed by atoms with Crippen LogP contribution >= 0.6 is 11.6 Å². The Balaban J connectivity index is 2.06. The molecular formula is C16H14ClFN4O2S. The fraction of sp³-hybridized carbons (Fsp3) is 0.125. The van der Waals surface area contributed by atoms with Gasteiger partial charge in [0.25, 0.3) is 0 Å². The van der Waals surface area contributed by atoms with E-state index in [0.29, 0.717) is 5.82 Å².